The number of carbonyl (C=O) groups excluding carboxylic acids is 2. The Morgan fingerprint density at radius 1 is 1.05 bits per heavy atom. The van der Waals surface area contributed by atoms with Crippen molar-refractivity contribution in [2.24, 2.45) is 5.92 Å². The number of hydrogen-bond donors (Lipinski definition) is 1. The smallest absolute Gasteiger partial charge is 0.251 e. The standard InChI is InChI=1S/C32H45N3O4S/c1-22(2)34(6)26-15-16-29(24(20-26)21-40(38,39)27-13-8-7-9-14-27)35-18-17-28(31(35)37)33-30(36)23-11-10-12-25(19-23)32(3,4)5/h7-14,19,22,24,26,28-29H,15-18,20-21H2,1-6H3,(H,33,36)/t24-,26+,28-,29-/m0/s1. The molecular weight excluding hydrogens is 522 g/mol. The average Bonchev–Trinajstić information content (AvgIpc) is 3.27. The van der Waals surface area contributed by atoms with Gasteiger partial charge in [0.25, 0.3) is 5.91 Å². The minimum atomic E-state index is -3.52. The van der Waals surface area contributed by atoms with Crippen LogP contribution in [-0.2, 0) is 20.0 Å². The molecule has 2 aliphatic rings. The van der Waals surface area contributed by atoms with Crippen LogP contribution in [0.2, 0.25) is 0 Å². The van der Waals surface area contributed by atoms with Crippen molar-refractivity contribution in [3.8, 4) is 0 Å². The Labute approximate surface area is 240 Å². The summed E-state index contributed by atoms with van der Waals surface area (Å²) in [5, 5.41) is 2.97. The first-order chi connectivity index (χ1) is 18.8. The van der Waals surface area contributed by atoms with E-state index in [2.05, 4.69) is 51.9 Å². The molecule has 0 aromatic heterocycles. The maximum Gasteiger partial charge on any atom is 0.251 e. The van der Waals surface area contributed by atoms with Crippen LogP contribution < -0.4 is 5.32 Å². The number of nitrogens with one attached hydrogen (secondary N) is 1. The van der Waals surface area contributed by atoms with Crippen molar-refractivity contribution in [2.45, 2.75) is 94.8 Å². The number of likely N-dealkylation sites (tertiary alicyclic amines) is 1. The lowest BCUT2D eigenvalue weighted by Crippen LogP contribution is -2.53. The van der Waals surface area contributed by atoms with E-state index in [1.165, 1.54) is 0 Å². The summed E-state index contributed by atoms with van der Waals surface area (Å²) >= 11 is 0. The number of carbonyl (C=O) groups is 2. The topological polar surface area (TPSA) is 86.8 Å². The van der Waals surface area contributed by atoms with Gasteiger partial charge in [-0.1, -0.05) is 51.1 Å². The summed E-state index contributed by atoms with van der Waals surface area (Å²) in [6.07, 6.45) is 2.89. The maximum atomic E-state index is 13.7. The van der Waals surface area contributed by atoms with E-state index in [1.54, 1.807) is 30.3 Å². The van der Waals surface area contributed by atoms with Crippen molar-refractivity contribution >= 4 is 21.7 Å². The Bertz CT molecular complexity index is 1300. The number of amides is 2. The molecule has 40 heavy (non-hydrogen) atoms. The zero-order valence-corrected chi connectivity index (χ0v) is 25.6. The van der Waals surface area contributed by atoms with Gasteiger partial charge in [0.2, 0.25) is 5.91 Å². The molecule has 1 aliphatic heterocycles. The predicted molar refractivity (Wildman–Crippen MR) is 159 cm³/mol. The normalized spacial score (nSPS) is 24.1. The SMILES string of the molecule is CC(C)N(C)[C@@H]1CC[C@H](N2CC[C@H](NC(=O)c3cccc(C(C)(C)C)c3)C2=O)[C@H](CS(=O)(=O)c2ccccc2)C1. The largest absolute Gasteiger partial charge is 0.340 e. The van der Waals surface area contributed by atoms with Gasteiger partial charge in [-0.3, -0.25) is 9.59 Å². The number of hydrogen-bond acceptors (Lipinski definition) is 5. The van der Waals surface area contributed by atoms with Crippen LogP contribution in [-0.4, -0.2) is 73.5 Å². The van der Waals surface area contributed by atoms with Gasteiger partial charge in [0.1, 0.15) is 6.04 Å². The Kier molecular flexibility index (Phi) is 9.10. The minimum Gasteiger partial charge on any atom is -0.340 e. The van der Waals surface area contributed by atoms with Crippen LogP contribution in [0.3, 0.4) is 0 Å². The fourth-order valence-electron chi connectivity index (χ4n) is 6.14. The van der Waals surface area contributed by atoms with Gasteiger partial charge in [0, 0.05) is 30.2 Å². The van der Waals surface area contributed by atoms with Crippen LogP contribution >= 0.6 is 0 Å². The first kappa shape index (κ1) is 30.3. The zero-order valence-electron chi connectivity index (χ0n) is 24.8. The van der Waals surface area contributed by atoms with E-state index >= 15 is 0 Å². The average molecular weight is 568 g/mol. The third kappa shape index (κ3) is 6.77. The molecule has 2 fully saturated rings. The predicted octanol–water partition coefficient (Wildman–Crippen LogP) is 4.67. The lowest BCUT2D eigenvalue weighted by molar-refractivity contribution is -0.133. The summed E-state index contributed by atoms with van der Waals surface area (Å²) in [6, 6.07) is 16.0. The Morgan fingerprint density at radius 3 is 2.40 bits per heavy atom. The van der Waals surface area contributed by atoms with E-state index in [4.69, 9.17) is 0 Å². The summed E-state index contributed by atoms with van der Waals surface area (Å²) in [7, 11) is -1.42. The maximum absolute atomic E-state index is 13.7. The van der Waals surface area contributed by atoms with Crippen LogP contribution in [0.15, 0.2) is 59.5 Å². The molecule has 1 aliphatic carbocycles. The third-order valence-electron chi connectivity index (χ3n) is 8.78. The summed E-state index contributed by atoms with van der Waals surface area (Å²) < 4.78 is 26.9. The fourth-order valence-corrected chi connectivity index (χ4v) is 7.83. The second-order valence-corrected chi connectivity index (χ2v) is 14.9. The van der Waals surface area contributed by atoms with Gasteiger partial charge >= 0.3 is 0 Å². The Hall–Kier alpha value is -2.71. The van der Waals surface area contributed by atoms with E-state index in [0.29, 0.717) is 35.9 Å². The molecule has 1 heterocycles. The minimum absolute atomic E-state index is 0.00448. The van der Waals surface area contributed by atoms with Crippen LogP contribution in [0.5, 0.6) is 0 Å². The van der Waals surface area contributed by atoms with E-state index < -0.39 is 15.9 Å². The third-order valence-corrected chi connectivity index (χ3v) is 10.6. The Morgan fingerprint density at radius 2 is 1.75 bits per heavy atom. The summed E-state index contributed by atoms with van der Waals surface area (Å²) in [4.78, 5) is 31.3. The first-order valence-corrected chi connectivity index (χ1v) is 16.1. The number of sulfone groups is 1. The lowest BCUT2D eigenvalue weighted by atomic mass is 9.81. The van der Waals surface area contributed by atoms with Crippen LogP contribution in [0.1, 0.15) is 76.2 Å². The monoisotopic (exact) mass is 567 g/mol. The van der Waals surface area contributed by atoms with Gasteiger partial charge < -0.3 is 15.1 Å². The molecule has 0 radical (unpaired) electrons. The molecule has 4 rings (SSSR count). The van der Waals surface area contributed by atoms with Gasteiger partial charge in [-0.05, 0) is 87.7 Å². The lowest BCUT2D eigenvalue weighted by Gasteiger charge is -2.44. The van der Waals surface area contributed by atoms with Crippen LogP contribution in [0.25, 0.3) is 0 Å². The molecule has 1 saturated carbocycles. The van der Waals surface area contributed by atoms with E-state index in [0.717, 1.165) is 18.4 Å². The summed E-state index contributed by atoms with van der Waals surface area (Å²) in [6.45, 7) is 11.1. The molecule has 8 heteroatoms. The van der Waals surface area contributed by atoms with Crippen molar-refractivity contribution in [3.05, 3.63) is 65.7 Å². The number of benzene rings is 2. The second kappa shape index (κ2) is 12.0. The highest BCUT2D eigenvalue weighted by Gasteiger charge is 2.44. The van der Waals surface area contributed by atoms with Gasteiger partial charge in [-0.25, -0.2) is 8.42 Å². The van der Waals surface area contributed by atoms with Crippen molar-refractivity contribution in [1.82, 2.24) is 15.1 Å². The molecule has 4 atom stereocenters. The van der Waals surface area contributed by atoms with Gasteiger partial charge in [0.15, 0.2) is 9.84 Å². The molecule has 2 aromatic rings. The molecule has 1 saturated heterocycles. The highest BCUT2D eigenvalue weighted by molar-refractivity contribution is 7.91. The molecule has 1 N–H and O–H groups in total. The number of rotatable bonds is 8. The van der Waals surface area contributed by atoms with Crippen LogP contribution in [0, 0.1) is 5.92 Å². The van der Waals surface area contributed by atoms with Gasteiger partial charge in [0.05, 0.1) is 10.6 Å². The molecule has 0 bridgehead atoms. The molecule has 0 unspecified atom stereocenters. The molecule has 7 nitrogen and oxygen atoms in total. The first-order valence-electron chi connectivity index (χ1n) is 14.5. The molecule has 2 aromatic carbocycles. The van der Waals surface area contributed by atoms with E-state index in [-0.39, 0.29) is 41.0 Å². The summed E-state index contributed by atoms with van der Waals surface area (Å²) in [5.41, 5.74) is 1.52. The second-order valence-electron chi connectivity index (χ2n) is 12.8. The van der Waals surface area contributed by atoms with Crippen molar-refractivity contribution < 1.29 is 18.0 Å². The van der Waals surface area contributed by atoms with Gasteiger partial charge in [-0.2, -0.15) is 0 Å². The molecule has 218 valence electrons. The van der Waals surface area contributed by atoms with E-state index in [1.807, 2.05) is 29.2 Å². The number of nitrogens with zero attached hydrogens (tertiary/aromatic N) is 2. The van der Waals surface area contributed by atoms with Crippen molar-refractivity contribution in [2.75, 3.05) is 19.3 Å². The molecule has 0 spiro atoms. The van der Waals surface area contributed by atoms with Crippen molar-refractivity contribution in [3.63, 3.8) is 0 Å². The zero-order chi connectivity index (χ0) is 29.2. The quantitative estimate of drug-likeness (QED) is 0.501. The molecular formula is C32H45N3O4S. The van der Waals surface area contributed by atoms with Crippen molar-refractivity contribution in [1.29, 1.82) is 0 Å². The fraction of sp³-hybridized carbons (Fsp3) is 0.562. The summed E-state index contributed by atoms with van der Waals surface area (Å²) in [5.74, 6) is -0.545. The van der Waals surface area contributed by atoms with E-state index in [9.17, 15) is 18.0 Å². The van der Waals surface area contributed by atoms with Gasteiger partial charge in [-0.15, -0.1) is 0 Å². The highest BCUT2D eigenvalue weighted by Crippen LogP contribution is 2.36. The molecule has 2 amide bonds. The van der Waals surface area contributed by atoms with Crippen LogP contribution in [0.4, 0.5) is 0 Å². The highest BCUT2D eigenvalue weighted by atomic mass is 32.2. The Balaban J connectivity index is 1.51.